The Kier molecular flexibility index (Phi) is 5.59. The van der Waals surface area contributed by atoms with Crippen LogP contribution in [-0.2, 0) is 21.1 Å². The summed E-state index contributed by atoms with van der Waals surface area (Å²) in [6.07, 6.45) is 0.935. The second-order valence-electron chi connectivity index (χ2n) is 5.23. The molecule has 2 rings (SSSR count). The third-order valence-corrected chi connectivity index (χ3v) is 6.30. The maximum atomic E-state index is 11.6. The number of thiazole rings is 1. The molecule has 1 atom stereocenters. The molecule has 126 valence electrons. The second-order valence-corrected chi connectivity index (χ2v) is 8.74. The van der Waals surface area contributed by atoms with E-state index in [-0.39, 0.29) is 17.9 Å². The summed E-state index contributed by atoms with van der Waals surface area (Å²) in [4.78, 5) is 15.7. The molecule has 0 saturated carbocycles. The van der Waals surface area contributed by atoms with Gasteiger partial charge in [0.15, 0.2) is 5.13 Å². The lowest BCUT2D eigenvalue weighted by molar-refractivity contribution is -0.137. The first-order valence-electron chi connectivity index (χ1n) is 7.44. The Morgan fingerprint density at radius 2 is 2.13 bits per heavy atom. The first-order valence-corrected chi connectivity index (χ1v) is 10.1. The van der Waals surface area contributed by atoms with Crippen LogP contribution >= 0.6 is 11.3 Å². The first-order chi connectivity index (χ1) is 10.8. The summed E-state index contributed by atoms with van der Waals surface area (Å²) in [7, 11) is -3.19. The number of hydrogen-bond donors (Lipinski definition) is 2. The van der Waals surface area contributed by atoms with Crippen LogP contribution in [0.1, 0.15) is 25.8 Å². The lowest BCUT2D eigenvalue weighted by atomic mass is 10.2. The highest BCUT2D eigenvalue weighted by atomic mass is 32.2. The van der Waals surface area contributed by atoms with Crippen molar-refractivity contribution in [2.75, 3.05) is 16.8 Å². The Labute approximate surface area is 139 Å². The van der Waals surface area contributed by atoms with Crippen molar-refractivity contribution < 1.29 is 18.3 Å². The number of hydrogen-bond acceptors (Lipinski definition) is 6. The number of carbonyl (C=O) groups is 1. The zero-order valence-electron chi connectivity index (χ0n) is 13.1. The summed E-state index contributed by atoms with van der Waals surface area (Å²) in [5.74, 6) is -1.22. The Bertz CT molecular complexity index is 799. The topological polar surface area (TPSA) is 96.4 Å². The van der Waals surface area contributed by atoms with Gasteiger partial charge in [0.25, 0.3) is 0 Å². The highest BCUT2D eigenvalue weighted by Gasteiger charge is 2.21. The normalized spacial score (nSPS) is 13.1. The number of aromatic nitrogens is 1. The largest absolute Gasteiger partial charge is 0.480 e. The number of aryl methyl sites for hydroxylation is 1. The smallest absolute Gasteiger partial charge is 0.326 e. The lowest BCUT2D eigenvalue weighted by Crippen LogP contribution is -2.31. The van der Waals surface area contributed by atoms with E-state index < -0.39 is 21.8 Å². The molecule has 0 spiro atoms. The van der Waals surface area contributed by atoms with Gasteiger partial charge >= 0.3 is 5.97 Å². The maximum absolute atomic E-state index is 11.6. The molecular formula is C15H20N2O4S2. The highest BCUT2D eigenvalue weighted by Crippen LogP contribution is 2.27. The minimum atomic E-state index is -3.19. The van der Waals surface area contributed by atoms with Crippen molar-refractivity contribution in [1.82, 2.24) is 4.98 Å². The van der Waals surface area contributed by atoms with E-state index in [1.54, 1.807) is 6.92 Å². The van der Waals surface area contributed by atoms with Crippen molar-refractivity contribution in [3.8, 4) is 0 Å². The number of sulfone groups is 1. The fraction of sp³-hybridized carbons (Fsp3) is 0.467. The van der Waals surface area contributed by atoms with E-state index in [9.17, 15) is 18.3 Å². The Morgan fingerprint density at radius 1 is 1.39 bits per heavy atom. The van der Waals surface area contributed by atoms with Gasteiger partial charge in [-0.2, -0.15) is 0 Å². The van der Waals surface area contributed by atoms with E-state index >= 15 is 0 Å². The molecule has 0 saturated heterocycles. The molecule has 6 nitrogen and oxygen atoms in total. The van der Waals surface area contributed by atoms with Crippen LogP contribution in [0.3, 0.4) is 0 Å². The molecule has 8 heteroatoms. The van der Waals surface area contributed by atoms with Crippen LogP contribution in [0.25, 0.3) is 10.2 Å². The van der Waals surface area contributed by atoms with Gasteiger partial charge in [-0.05, 0) is 30.5 Å². The van der Waals surface area contributed by atoms with E-state index in [2.05, 4.69) is 17.2 Å². The molecular weight excluding hydrogens is 336 g/mol. The highest BCUT2D eigenvalue weighted by molar-refractivity contribution is 7.91. The number of nitrogens with zero attached hydrogens (tertiary/aromatic N) is 1. The van der Waals surface area contributed by atoms with E-state index in [4.69, 9.17) is 0 Å². The van der Waals surface area contributed by atoms with E-state index in [0.29, 0.717) is 5.13 Å². The minimum Gasteiger partial charge on any atom is -0.480 e. The Balaban J connectivity index is 2.15. The zero-order chi connectivity index (χ0) is 17.0. The van der Waals surface area contributed by atoms with Crippen LogP contribution in [0.15, 0.2) is 18.2 Å². The molecule has 2 aromatic rings. The van der Waals surface area contributed by atoms with Crippen molar-refractivity contribution in [2.45, 2.75) is 32.7 Å². The molecule has 23 heavy (non-hydrogen) atoms. The number of carboxylic acid groups (broad SMARTS) is 1. The predicted molar refractivity (Wildman–Crippen MR) is 93.0 cm³/mol. The van der Waals surface area contributed by atoms with Crippen LogP contribution in [0, 0.1) is 0 Å². The molecule has 1 aromatic heterocycles. The number of anilines is 1. The summed E-state index contributed by atoms with van der Waals surface area (Å²) in [6.45, 7) is 3.62. The number of carboxylic acids is 1. The molecule has 0 aliphatic carbocycles. The fourth-order valence-corrected chi connectivity index (χ4v) is 3.96. The maximum Gasteiger partial charge on any atom is 0.326 e. The molecule has 1 heterocycles. The molecule has 0 amide bonds. The average Bonchev–Trinajstić information content (AvgIpc) is 2.92. The monoisotopic (exact) mass is 356 g/mol. The van der Waals surface area contributed by atoms with Crippen LogP contribution in [0.5, 0.6) is 0 Å². The van der Waals surface area contributed by atoms with Gasteiger partial charge < -0.3 is 10.4 Å². The van der Waals surface area contributed by atoms with Gasteiger partial charge in [0.2, 0.25) is 0 Å². The van der Waals surface area contributed by atoms with Crippen molar-refractivity contribution in [1.29, 1.82) is 0 Å². The second kappa shape index (κ2) is 7.27. The number of benzene rings is 1. The summed E-state index contributed by atoms with van der Waals surface area (Å²) in [5, 5.41) is 12.6. The van der Waals surface area contributed by atoms with E-state index in [0.717, 1.165) is 16.6 Å². The van der Waals surface area contributed by atoms with Gasteiger partial charge in [0.1, 0.15) is 15.9 Å². The molecule has 0 aliphatic rings. The molecule has 1 unspecified atom stereocenters. The number of rotatable bonds is 8. The fourth-order valence-electron chi connectivity index (χ4n) is 2.10. The third-order valence-electron chi connectivity index (χ3n) is 3.61. The average molecular weight is 356 g/mol. The number of fused-ring (bicyclic) bond motifs is 1. The van der Waals surface area contributed by atoms with Gasteiger partial charge in [-0.15, -0.1) is 0 Å². The van der Waals surface area contributed by atoms with Crippen LogP contribution in [0.4, 0.5) is 5.13 Å². The predicted octanol–water partition coefficient (Wildman–Crippen LogP) is 2.55. The molecule has 0 aliphatic heterocycles. The zero-order valence-corrected chi connectivity index (χ0v) is 14.7. The van der Waals surface area contributed by atoms with Crippen LogP contribution < -0.4 is 5.32 Å². The van der Waals surface area contributed by atoms with Crippen molar-refractivity contribution in [2.24, 2.45) is 0 Å². The Hall–Kier alpha value is -1.67. The molecule has 0 bridgehead atoms. The van der Waals surface area contributed by atoms with Gasteiger partial charge in [-0.1, -0.05) is 31.3 Å². The quantitative estimate of drug-likeness (QED) is 0.754. The standard InChI is InChI=1S/C15H20N2O4S2/c1-3-10-5-6-11-13(9-10)22-15(16-11)17-12(14(18)19)7-8-23(20,21)4-2/h5-6,9,12H,3-4,7-8H2,1-2H3,(H,16,17)(H,18,19). The van der Waals surface area contributed by atoms with Crippen molar-refractivity contribution >= 4 is 42.5 Å². The Morgan fingerprint density at radius 3 is 2.74 bits per heavy atom. The van der Waals surface area contributed by atoms with E-state index in [1.807, 2.05) is 18.2 Å². The minimum absolute atomic E-state index is 0.0142. The molecule has 1 aromatic carbocycles. The summed E-state index contributed by atoms with van der Waals surface area (Å²) < 4.78 is 24.1. The molecule has 0 fully saturated rings. The summed E-state index contributed by atoms with van der Waals surface area (Å²) in [6, 6.07) is 4.97. The van der Waals surface area contributed by atoms with Gasteiger partial charge in [0.05, 0.1) is 16.0 Å². The number of nitrogens with one attached hydrogen (secondary N) is 1. The van der Waals surface area contributed by atoms with Gasteiger partial charge in [-0.3, -0.25) is 0 Å². The molecule has 2 N–H and O–H groups in total. The SMILES string of the molecule is CCc1ccc2nc(NC(CCS(=O)(=O)CC)C(=O)O)sc2c1. The van der Waals surface area contributed by atoms with Crippen LogP contribution in [-0.4, -0.2) is 42.0 Å². The molecule has 0 radical (unpaired) electrons. The summed E-state index contributed by atoms with van der Waals surface area (Å²) >= 11 is 1.38. The number of aliphatic carboxylic acids is 1. The third kappa shape index (κ3) is 4.65. The van der Waals surface area contributed by atoms with Gasteiger partial charge in [0, 0.05) is 5.75 Å². The first kappa shape index (κ1) is 17.7. The van der Waals surface area contributed by atoms with E-state index in [1.165, 1.54) is 16.9 Å². The lowest BCUT2D eigenvalue weighted by Gasteiger charge is -2.13. The van der Waals surface area contributed by atoms with Crippen molar-refractivity contribution in [3.63, 3.8) is 0 Å². The summed E-state index contributed by atoms with van der Waals surface area (Å²) in [5.41, 5.74) is 2.00. The van der Waals surface area contributed by atoms with Gasteiger partial charge in [-0.25, -0.2) is 18.2 Å². The van der Waals surface area contributed by atoms with Crippen molar-refractivity contribution in [3.05, 3.63) is 23.8 Å². The van der Waals surface area contributed by atoms with Crippen LogP contribution in [0.2, 0.25) is 0 Å².